The van der Waals surface area contributed by atoms with E-state index in [4.69, 9.17) is 9.47 Å². The molecule has 6 nitrogen and oxygen atoms in total. The zero-order valence-electron chi connectivity index (χ0n) is 18.7. The third-order valence-electron chi connectivity index (χ3n) is 6.05. The number of hydrogen-bond donors (Lipinski definition) is 2. The van der Waals surface area contributed by atoms with Crippen molar-refractivity contribution < 1.29 is 28.7 Å². The van der Waals surface area contributed by atoms with E-state index >= 15 is 0 Å². The molecule has 6 heteroatoms. The van der Waals surface area contributed by atoms with Crippen molar-refractivity contribution in [3.8, 4) is 11.5 Å². The molecule has 0 amide bonds. The Kier molecular flexibility index (Phi) is 10.2. The molecule has 2 atom stereocenters. The average Bonchev–Trinajstić information content (AvgIpc) is 2.70. The predicted octanol–water partition coefficient (Wildman–Crippen LogP) is 2.14. The molecule has 0 spiro atoms. The number of aliphatic hydroxyl groups excluding tert-OH is 2. The zero-order valence-corrected chi connectivity index (χ0v) is 18.7. The van der Waals surface area contributed by atoms with Gasteiger partial charge in [0.15, 0.2) is 0 Å². The summed E-state index contributed by atoms with van der Waals surface area (Å²) in [5.41, 5.74) is 0. The highest BCUT2D eigenvalue weighted by molar-refractivity contribution is 5.32. The molecule has 0 aliphatic heterocycles. The van der Waals surface area contributed by atoms with E-state index in [-0.39, 0.29) is 13.2 Å². The second-order valence-corrected chi connectivity index (χ2v) is 8.27. The van der Waals surface area contributed by atoms with E-state index in [1.807, 2.05) is 18.2 Å². The molecule has 162 valence electrons. The van der Waals surface area contributed by atoms with Crippen molar-refractivity contribution in [3.63, 3.8) is 0 Å². The Balaban J connectivity index is 2.51. The minimum Gasteiger partial charge on any atom is -0.491 e. The minimum atomic E-state index is -0.519. The normalized spacial score (nSPS) is 14.6. The molecular weight excluding hydrogens is 356 g/mol. The van der Waals surface area contributed by atoms with Crippen molar-refractivity contribution in [3.05, 3.63) is 24.3 Å². The molecule has 0 bridgehead atoms. The van der Waals surface area contributed by atoms with Gasteiger partial charge in [-0.15, -0.1) is 0 Å². The lowest BCUT2D eigenvalue weighted by molar-refractivity contribution is -0.909. The molecule has 1 aromatic carbocycles. The van der Waals surface area contributed by atoms with Crippen LogP contribution in [0.2, 0.25) is 0 Å². The molecule has 28 heavy (non-hydrogen) atoms. The summed E-state index contributed by atoms with van der Waals surface area (Å²) in [4.78, 5) is 0. The van der Waals surface area contributed by atoms with Crippen LogP contribution in [0.15, 0.2) is 24.3 Å². The molecule has 0 saturated carbocycles. The molecule has 2 unspecified atom stereocenters. The summed E-state index contributed by atoms with van der Waals surface area (Å²) < 4.78 is 13.2. The smallest absolute Gasteiger partial charge is 0.137 e. The SMILES string of the molecule is CC[N+](C)(CC)CC(O)COc1cccc(OCC(O)C[N+](C)(CC)CC)c1. The van der Waals surface area contributed by atoms with Gasteiger partial charge in [0, 0.05) is 6.07 Å². The van der Waals surface area contributed by atoms with Crippen LogP contribution in [0.1, 0.15) is 27.7 Å². The van der Waals surface area contributed by atoms with Gasteiger partial charge in [-0.2, -0.15) is 0 Å². The monoisotopic (exact) mass is 398 g/mol. The van der Waals surface area contributed by atoms with Crippen LogP contribution in [-0.4, -0.2) is 98.0 Å². The molecule has 0 aliphatic carbocycles. The van der Waals surface area contributed by atoms with Crippen molar-refractivity contribution >= 4 is 0 Å². The molecule has 0 heterocycles. The van der Waals surface area contributed by atoms with Crippen molar-refractivity contribution in [2.45, 2.75) is 39.9 Å². The molecule has 0 aromatic heterocycles. The van der Waals surface area contributed by atoms with Crippen LogP contribution in [-0.2, 0) is 0 Å². The van der Waals surface area contributed by atoms with Crippen molar-refractivity contribution in [1.29, 1.82) is 0 Å². The van der Waals surface area contributed by atoms with E-state index in [1.54, 1.807) is 6.07 Å². The van der Waals surface area contributed by atoms with Gasteiger partial charge >= 0.3 is 0 Å². The maximum Gasteiger partial charge on any atom is 0.137 e. The second-order valence-electron chi connectivity index (χ2n) is 8.27. The number of rotatable bonds is 14. The Morgan fingerprint density at radius 2 is 1.11 bits per heavy atom. The molecule has 0 radical (unpaired) electrons. The fourth-order valence-corrected chi connectivity index (χ4v) is 3.13. The maximum atomic E-state index is 10.3. The van der Waals surface area contributed by atoms with E-state index in [0.717, 1.165) is 35.1 Å². The highest BCUT2D eigenvalue weighted by atomic mass is 16.5. The fourth-order valence-electron chi connectivity index (χ4n) is 3.13. The predicted molar refractivity (Wildman–Crippen MR) is 114 cm³/mol. The Bertz CT molecular complexity index is 514. The van der Waals surface area contributed by atoms with Gasteiger partial charge in [0.25, 0.3) is 0 Å². The first-order valence-electron chi connectivity index (χ1n) is 10.6. The summed E-state index contributed by atoms with van der Waals surface area (Å²) in [5, 5.41) is 20.6. The summed E-state index contributed by atoms with van der Waals surface area (Å²) in [7, 11) is 4.29. The lowest BCUT2D eigenvalue weighted by Gasteiger charge is -2.34. The quantitative estimate of drug-likeness (QED) is 0.472. The molecular formula is C22H42N2O4+2. The number of quaternary nitrogens is 2. The van der Waals surface area contributed by atoms with E-state index < -0.39 is 12.2 Å². The Hall–Kier alpha value is -1.34. The number of likely N-dealkylation sites (N-methyl/N-ethyl adjacent to an activating group) is 2. The van der Waals surface area contributed by atoms with E-state index in [9.17, 15) is 10.2 Å². The number of benzene rings is 1. The first kappa shape index (κ1) is 24.7. The van der Waals surface area contributed by atoms with Gasteiger partial charge in [0.1, 0.15) is 50.0 Å². The highest BCUT2D eigenvalue weighted by Gasteiger charge is 2.23. The lowest BCUT2D eigenvalue weighted by Crippen LogP contribution is -2.49. The number of aliphatic hydroxyl groups is 2. The first-order valence-corrected chi connectivity index (χ1v) is 10.6. The van der Waals surface area contributed by atoms with E-state index in [1.165, 1.54) is 0 Å². The zero-order chi connectivity index (χ0) is 21.2. The summed E-state index contributed by atoms with van der Waals surface area (Å²) in [6.07, 6.45) is -1.04. The molecule has 0 saturated heterocycles. The van der Waals surface area contributed by atoms with Crippen molar-refractivity contribution in [2.24, 2.45) is 0 Å². The van der Waals surface area contributed by atoms with Crippen LogP contribution in [0.4, 0.5) is 0 Å². The van der Waals surface area contributed by atoms with Gasteiger partial charge < -0.3 is 28.7 Å². The number of ether oxygens (including phenoxy) is 2. The average molecular weight is 399 g/mol. The third kappa shape index (κ3) is 8.35. The molecule has 0 fully saturated rings. The van der Waals surface area contributed by atoms with Gasteiger partial charge in [-0.1, -0.05) is 6.07 Å². The number of hydrogen-bond acceptors (Lipinski definition) is 4. The topological polar surface area (TPSA) is 58.9 Å². The van der Waals surface area contributed by atoms with E-state index in [2.05, 4.69) is 41.8 Å². The molecule has 1 rings (SSSR count). The maximum absolute atomic E-state index is 10.3. The summed E-state index contributed by atoms with van der Waals surface area (Å²) in [5.74, 6) is 1.33. The van der Waals surface area contributed by atoms with Crippen LogP contribution in [0, 0.1) is 0 Å². The second kappa shape index (κ2) is 11.6. The molecule has 2 N–H and O–H groups in total. The summed E-state index contributed by atoms with van der Waals surface area (Å²) in [6, 6.07) is 7.37. The standard InChI is InChI=1S/C22H42N2O4/c1-7-23(5,8-2)15-19(25)17-27-21-12-11-13-22(14-21)28-18-20(26)16-24(6,9-3)10-4/h11-14,19-20,25-26H,7-10,15-18H2,1-6H3/q+2. The van der Waals surface area contributed by atoms with Crippen LogP contribution in [0.25, 0.3) is 0 Å². The molecule has 0 aliphatic rings. The fraction of sp³-hybridized carbons (Fsp3) is 0.727. The molecule has 1 aromatic rings. The lowest BCUT2D eigenvalue weighted by atomic mass is 10.2. The van der Waals surface area contributed by atoms with Gasteiger partial charge in [0.05, 0.1) is 40.3 Å². The van der Waals surface area contributed by atoms with Gasteiger partial charge in [-0.3, -0.25) is 0 Å². The Morgan fingerprint density at radius 1 is 0.750 bits per heavy atom. The third-order valence-corrected chi connectivity index (χ3v) is 6.05. The minimum absolute atomic E-state index is 0.253. The summed E-state index contributed by atoms with van der Waals surface area (Å²) >= 11 is 0. The largest absolute Gasteiger partial charge is 0.491 e. The van der Waals surface area contributed by atoms with E-state index in [0.29, 0.717) is 24.6 Å². The Morgan fingerprint density at radius 3 is 1.43 bits per heavy atom. The van der Waals surface area contributed by atoms with Crippen molar-refractivity contribution in [2.75, 3.05) is 66.6 Å². The van der Waals surface area contributed by atoms with Crippen molar-refractivity contribution in [1.82, 2.24) is 0 Å². The summed E-state index contributed by atoms with van der Waals surface area (Å²) in [6.45, 7) is 14.3. The van der Waals surface area contributed by atoms with Gasteiger partial charge in [-0.25, -0.2) is 0 Å². The van der Waals surface area contributed by atoms with Crippen LogP contribution in [0.5, 0.6) is 11.5 Å². The Labute approximate surface area is 171 Å². The first-order chi connectivity index (χ1) is 13.2. The van der Waals surface area contributed by atoms with Gasteiger partial charge in [0.2, 0.25) is 0 Å². The highest BCUT2D eigenvalue weighted by Crippen LogP contribution is 2.20. The van der Waals surface area contributed by atoms with Crippen LogP contribution in [0.3, 0.4) is 0 Å². The van der Waals surface area contributed by atoms with Crippen LogP contribution >= 0.6 is 0 Å². The van der Waals surface area contributed by atoms with Gasteiger partial charge in [-0.05, 0) is 39.8 Å². The number of nitrogens with zero attached hydrogens (tertiary/aromatic N) is 2. The van der Waals surface area contributed by atoms with Crippen LogP contribution < -0.4 is 9.47 Å².